The molecule has 2 nitrogen and oxygen atoms in total. The highest BCUT2D eigenvalue weighted by Crippen LogP contribution is 2.38. The lowest BCUT2D eigenvalue weighted by Crippen LogP contribution is -2.27. The van der Waals surface area contributed by atoms with Gasteiger partial charge in [0.15, 0.2) is 0 Å². The third-order valence-electron chi connectivity index (χ3n) is 3.72. The molecule has 1 saturated heterocycles. The second-order valence-corrected chi connectivity index (χ2v) is 6.64. The third kappa shape index (κ3) is 1.92. The first-order chi connectivity index (χ1) is 8.23. The molecule has 1 aromatic heterocycles. The Morgan fingerprint density at radius 1 is 1.53 bits per heavy atom. The van der Waals surface area contributed by atoms with Crippen LogP contribution in [0.25, 0.3) is 10.2 Å². The van der Waals surface area contributed by atoms with Crippen LogP contribution in [0, 0.1) is 0 Å². The fourth-order valence-corrected chi connectivity index (χ4v) is 4.09. The molecular formula is C13H15BrN2S. The van der Waals surface area contributed by atoms with Crippen LogP contribution in [0.3, 0.4) is 0 Å². The van der Waals surface area contributed by atoms with Crippen molar-refractivity contribution < 1.29 is 0 Å². The van der Waals surface area contributed by atoms with Gasteiger partial charge < -0.3 is 5.32 Å². The van der Waals surface area contributed by atoms with E-state index in [0.717, 1.165) is 23.1 Å². The highest BCUT2D eigenvalue weighted by atomic mass is 79.9. The molecule has 1 N–H and O–H groups in total. The monoisotopic (exact) mass is 310 g/mol. The molecule has 0 saturated carbocycles. The molecule has 3 rings (SSSR count). The molecule has 4 heteroatoms. The van der Waals surface area contributed by atoms with E-state index in [2.05, 4.69) is 46.4 Å². The minimum absolute atomic E-state index is 0.274. The van der Waals surface area contributed by atoms with E-state index in [9.17, 15) is 0 Å². The van der Waals surface area contributed by atoms with E-state index in [1.165, 1.54) is 22.5 Å². The van der Waals surface area contributed by atoms with E-state index in [1.54, 1.807) is 0 Å². The zero-order valence-electron chi connectivity index (χ0n) is 9.79. The normalized spacial score (nSPS) is 24.6. The van der Waals surface area contributed by atoms with Crippen LogP contribution >= 0.6 is 27.3 Å². The quantitative estimate of drug-likeness (QED) is 0.915. The van der Waals surface area contributed by atoms with Crippen molar-refractivity contribution >= 4 is 37.5 Å². The second kappa shape index (κ2) is 4.34. The van der Waals surface area contributed by atoms with Gasteiger partial charge in [0.05, 0.1) is 10.2 Å². The molecule has 1 atom stereocenters. The smallest absolute Gasteiger partial charge is 0.101 e. The van der Waals surface area contributed by atoms with Gasteiger partial charge in [-0.05, 0) is 37.6 Å². The Bertz CT molecular complexity index is 543. The Hall–Kier alpha value is -0.450. The highest BCUT2D eigenvalue weighted by molar-refractivity contribution is 9.10. The number of hydrogen-bond donors (Lipinski definition) is 1. The summed E-state index contributed by atoms with van der Waals surface area (Å²) in [6, 6.07) is 6.36. The van der Waals surface area contributed by atoms with Crippen molar-refractivity contribution in [3.05, 3.63) is 27.7 Å². The molecule has 2 heterocycles. The zero-order valence-corrected chi connectivity index (χ0v) is 12.2. The number of halogens is 1. The van der Waals surface area contributed by atoms with E-state index >= 15 is 0 Å². The number of aromatic nitrogens is 1. The molecule has 0 bridgehead atoms. The largest absolute Gasteiger partial charge is 0.316 e. The van der Waals surface area contributed by atoms with Crippen molar-refractivity contribution in [1.82, 2.24) is 10.3 Å². The number of nitrogens with one attached hydrogen (secondary N) is 1. The van der Waals surface area contributed by atoms with E-state index < -0.39 is 0 Å². The first-order valence-corrected chi connectivity index (χ1v) is 7.62. The van der Waals surface area contributed by atoms with Crippen molar-refractivity contribution in [2.45, 2.75) is 25.2 Å². The summed E-state index contributed by atoms with van der Waals surface area (Å²) in [5, 5.41) is 4.78. The van der Waals surface area contributed by atoms with Crippen LogP contribution in [0.1, 0.15) is 24.8 Å². The molecule has 0 aliphatic carbocycles. The lowest BCUT2D eigenvalue weighted by atomic mass is 9.85. The fourth-order valence-electron chi connectivity index (χ4n) is 2.51. The van der Waals surface area contributed by atoms with Crippen LogP contribution in [0.2, 0.25) is 0 Å². The molecule has 17 heavy (non-hydrogen) atoms. The lowest BCUT2D eigenvalue weighted by Gasteiger charge is -2.23. The summed E-state index contributed by atoms with van der Waals surface area (Å²) in [7, 11) is 0. The zero-order chi connectivity index (χ0) is 11.9. The van der Waals surface area contributed by atoms with Crippen LogP contribution in [0.5, 0.6) is 0 Å². The van der Waals surface area contributed by atoms with Gasteiger partial charge in [-0.25, -0.2) is 4.98 Å². The van der Waals surface area contributed by atoms with Gasteiger partial charge in [0.2, 0.25) is 0 Å². The maximum absolute atomic E-state index is 4.85. The Balaban J connectivity index is 2.11. The number of fused-ring (bicyclic) bond motifs is 1. The van der Waals surface area contributed by atoms with Gasteiger partial charge in [0.25, 0.3) is 0 Å². The second-order valence-electron chi connectivity index (χ2n) is 4.69. The minimum atomic E-state index is 0.274. The maximum Gasteiger partial charge on any atom is 0.101 e. The van der Waals surface area contributed by atoms with Crippen LogP contribution in [0.15, 0.2) is 22.7 Å². The van der Waals surface area contributed by atoms with Gasteiger partial charge in [0, 0.05) is 16.4 Å². The molecule has 1 aliphatic rings. The summed E-state index contributed by atoms with van der Waals surface area (Å²) in [5.41, 5.74) is 1.40. The van der Waals surface area contributed by atoms with E-state index in [1.807, 2.05) is 11.3 Å². The molecule has 1 aromatic carbocycles. The summed E-state index contributed by atoms with van der Waals surface area (Å²) in [5.74, 6) is 0. The van der Waals surface area contributed by atoms with Gasteiger partial charge in [0.1, 0.15) is 5.01 Å². The maximum atomic E-state index is 4.85. The number of rotatable bonds is 2. The van der Waals surface area contributed by atoms with Gasteiger partial charge in [-0.1, -0.05) is 22.9 Å². The van der Waals surface area contributed by atoms with Gasteiger partial charge in [-0.3, -0.25) is 0 Å². The molecule has 0 radical (unpaired) electrons. The molecule has 0 amide bonds. The van der Waals surface area contributed by atoms with Gasteiger partial charge in [-0.2, -0.15) is 0 Å². The Kier molecular flexibility index (Phi) is 2.97. The predicted octanol–water partition coefficient (Wildman–Crippen LogP) is 3.70. The summed E-state index contributed by atoms with van der Waals surface area (Å²) in [6.07, 6.45) is 2.38. The fraction of sp³-hybridized carbons (Fsp3) is 0.462. The van der Waals surface area contributed by atoms with Crippen LogP contribution in [-0.4, -0.2) is 18.1 Å². The molecule has 90 valence electrons. The van der Waals surface area contributed by atoms with Gasteiger partial charge in [-0.15, -0.1) is 11.3 Å². The van der Waals surface area contributed by atoms with E-state index in [-0.39, 0.29) is 5.41 Å². The molecular weight excluding hydrogens is 296 g/mol. The van der Waals surface area contributed by atoms with E-state index in [4.69, 9.17) is 4.98 Å². The average molecular weight is 311 g/mol. The lowest BCUT2D eigenvalue weighted by molar-refractivity contribution is 0.452. The summed E-state index contributed by atoms with van der Waals surface area (Å²) < 4.78 is 2.40. The third-order valence-corrected chi connectivity index (χ3v) is 5.50. The predicted molar refractivity (Wildman–Crippen MR) is 76.8 cm³/mol. The minimum Gasteiger partial charge on any atom is -0.316 e. The Morgan fingerprint density at radius 3 is 3.12 bits per heavy atom. The summed E-state index contributed by atoms with van der Waals surface area (Å²) in [6.45, 7) is 4.47. The van der Waals surface area contributed by atoms with Crippen molar-refractivity contribution in [1.29, 1.82) is 0 Å². The SMILES string of the molecule is CCC1(c2nc3cc(Br)ccc3s2)CCNC1. The number of nitrogens with zero attached hydrogens (tertiary/aromatic N) is 1. The van der Waals surface area contributed by atoms with Gasteiger partial charge >= 0.3 is 0 Å². The van der Waals surface area contributed by atoms with Crippen LogP contribution in [0.4, 0.5) is 0 Å². The topological polar surface area (TPSA) is 24.9 Å². The average Bonchev–Trinajstić information content (AvgIpc) is 2.94. The summed E-state index contributed by atoms with van der Waals surface area (Å²) in [4.78, 5) is 4.85. The number of hydrogen-bond acceptors (Lipinski definition) is 3. The summed E-state index contributed by atoms with van der Waals surface area (Å²) >= 11 is 5.36. The number of benzene rings is 1. The van der Waals surface area contributed by atoms with Crippen LogP contribution < -0.4 is 5.32 Å². The molecule has 1 aliphatic heterocycles. The molecule has 2 aromatic rings. The Morgan fingerprint density at radius 2 is 2.41 bits per heavy atom. The Labute approximate surface area is 114 Å². The molecule has 1 fully saturated rings. The van der Waals surface area contributed by atoms with Crippen molar-refractivity contribution in [2.75, 3.05) is 13.1 Å². The first kappa shape index (κ1) is 11.6. The molecule has 1 unspecified atom stereocenters. The first-order valence-electron chi connectivity index (χ1n) is 6.01. The van der Waals surface area contributed by atoms with Crippen molar-refractivity contribution in [3.8, 4) is 0 Å². The highest BCUT2D eigenvalue weighted by Gasteiger charge is 2.36. The van der Waals surface area contributed by atoms with Crippen molar-refractivity contribution in [3.63, 3.8) is 0 Å². The van der Waals surface area contributed by atoms with E-state index in [0.29, 0.717) is 0 Å². The number of thiazole rings is 1. The van der Waals surface area contributed by atoms with Crippen molar-refractivity contribution in [2.24, 2.45) is 0 Å². The van der Waals surface area contributed by atoms with Crippen LogP contribution in [-0.2, 0) is 5.41 Å². The molecule has 0 spiro atoms. The standard InChI is InChI=1S/C13H15BrN2S/c1-2-13(5-6-15-8-13)12-16-10-7-9(14)3-4-11(10)17-12/h3-4,7,15H,2,5-6,8H2,1H3.